The van der Waals surface area contributed by atoms with Gasteiger partial charge in [0.05, 0.1) is 35.5 Å². The highest BCUT2D eigenvalue weighted by Crippen LogP contribution is 2.35. The van der Waals surface area contributed by atoms with Gasteiger partial charge in [-0.1, -0.05) is 12.8 Å². The minimum Gasteiger partial charge on any atom is -0.549 e. The number of nitrogens with two attached hydrogens (primary N) is 1. The summed E-state index contributed by atoms with van der Waals surface area (Å²) in [6.07, 6.45) is 15.7. The number of Topliss-reactive ketones (excluding diaryl/α,β-unsaturated/α-hetero) is 2. The highest BCUT2D eigenvalue weighted by molar-refractivity contribution is 6.08. The lowest BCUT2D eigenvalue weighted by Gasteiger charge is -2.32. The zero-order valence-electron chi connectivity index (χ0n) is 17.8. The van der Waals surface area contributed by atoms with Gasteiger partial charge in [-0.3, -0.25) is 9.59 Å². The highest BCUT2D eigenvalue weighted by Gasteiger charge is 2.44. The molecule has 0 bridgehead atoms. The Bertz CT molecular complexity index is 581. The summed E-state index contributed by atoms with van der Waals surface area (Å²) in [6, 6.07) is 3.54. The average Bonchev–Trinajstić information content (AvgIpc) is 2.72. The fraction of sp³-hybridized carbons (Fsp3) is 0.826. The Morgan fingerprint density at radius 1 is 1.00 bits per heavy atom. The summed E-state index contributed by atoms with van der Waals surface area (Å²) in [4.78, 5) is 33.9. The molecule has 6 nitrogen and oxygen atoms in total. The first kappa shape index (κ1) is 23.5. The predicted molar refractivity (Wildman–Crippen MR) is 106 cm³/mol. The molecule has 0 saturated heterocycles. The van der Waals surface area contributed by atoms with Gasteiger partial charge in [-0.05, 0) is 71.1 Å². The molecule has 3 saturated carbocycles. The van der Waals surface area contributed by atoms with Gasteiger partial charge < -0.3 is 15.2 Å². The molecular weight excluding hydrogens is 368 g/mol. The van der Waals surface area contributed by atoms with Crippen LogP contribution in [-0.4, -0.2) is 29.6 Å². The summed E-state index contributed by atoms with van der Waals surface area (Å²) in [5.41, 5.74) is -1.32. The van der Waals surface area contributed by atoms with Gasteiger partial charge in [0.25, 0.3) is 0 Å². The quantitative estimate of drug-likeness (QED) is 0.702. The van der Waals surface area contributed by atoms with Crippen LogP contribution < -0.4 is 10.4 Å². The molecule has 2 N–H and O–H groups in total. The van der Waals surface area contributed by atoms with Gasteiger partial charge in [0.15, 0.2) is 0 Å². The van der Waals surface area contributed by atoms with Gasteiger partial charge >= 0.3 is 0 Å². The zero-order valence-corrected chi connectivity index (χ0v) is 17.8. The summed E-state index contributed by atoms with van der Waals surface area (Å²) in [7, 11) is 0. The standard InChI is InChI=1S/C12H23N.C11H13NO4/c1-3-7-11(8-4-1)13-12-9-5-2-6-10-12;1-11(5-7(6-12)10(15)16)8(13)3-2-4-9(11)14/h11-13H,1-10H2;7H,2-5H2,1H3,(H,15,16). The number of carboxylic acids is 1. The smallest absolute Gasteiger partial charge is 0.146 e. The van der Waals surface area contributed by atoms with E-state index in [-0.39, 0.29) is 30.8 Å². The molecule has 3 aliphatic carbocycles. The number of hydrogen-bond donors (Lipinski definition) is 1. The Balaban J connectivity index is 0.000000211. The van der Waals surface area contributed by atoms with Crippen molar-refractivity contribution in [3.05, 3.63) is 0 Å². The van der Waals surface area contributed by atoms with Gasteiger partial charge in [-0.15, -0.1) is 0 Å². The normalized spacial score (nSPS) is 24.1. The van der Waals surface area contributed by atoms with Crippen LogP contribution in [-0.2, 0) is 14.4 Å². The van der Waals surface area contributed by atoms with Gasteiger partial charge in [-0.2, -0.15) is 5.26 Å². The van der Waals surface area contributed by atoms with Crippen molar-refractivity contribution in [3.8, 4) is 6.07 Å². The number of carboxylic acid groups (broad SMARTS) is 1. The van der Waals surface area contributed by atoms with E-state index < -0.39 is 17.3 Å². The van der Waals surface area contributed by atoms with E-state index in [1.807, 2.05) is 0 Å². The second-order valence-electron chi connectivity index (χ2n) is 9.23. The first-order valence-electron chi connectivity index (χ1n) is 11.4. The first-order valence-corrected chi connectivity index (χ1v) is 11.4. The number of carbonyl (C=O) groups is 3. The molecule has 3 fully saturated rings. The third-order valence-electron chi connectivity index (χ3n) is 6.94. The second-order valence-corrected chi connectivity index (χ2v) is 9.23. The molecule has 162 valence electrons. The maximum absolute atomic E-state index is 11.7. The van der Waals surface area contributed by atoms with Crippen molar-refractivity contribution in [1.29, 1.82) is 5.26 Å². The summed E-state index contributed by atoms with van der Waals surface area (Å²) in [6.45, 7) is 1.42. The van der Waals surface area contributed by atoms with Gasteiger partial charge in [0.1, 0.15) is 11.6 Å². The Kier molecular flexibility index (Phi) is 9.29. The van der Waals surface area contributed by atoms with E-state index >= 15 is 0 Å². The number of nitrogens with zero attached hydrogens (tertiary/aromatic N) is 1. The van der Waals surface area contributed by atoms with E-state index in [0.29, 0.717) is 6.42 Å². The molecule has 0 heterocycles. The van der Waals surface area contributed by atoms with Crippen molar-refractivity contribution >= 4 is 17.5 Å². The lowest BCUT2D eigenvalue weighted by Crippen LogP contribution is -2.95. The summed E-state index contributed by atoms with van der Waals surface area (Å²) >= 11 is 0. The minimum absolute atomic E-state index is 0.271. The number of nitriles is 1. The molecule has 0 spiro atoms. The first-order chi connectivity index (χ1) is 13.9. The van der Waals surface area contributed by atoms with Crippen molar-refractivity contribution in [2.75, 3.05) is 0 Å². The van der Waals surface area contributed by atoms with Crippen LogP contribution in [0.5, 0.6) is 0 Å². The molecule has 3 rings (SSSR count). The van der Waals surface area contributed by atoms with E-state index in [4.69, 9.17) is 5.26 Å². The minimum atomic E-state index is -1.53. The molecule has 1 unspecified atom stereocenters. The van der Waals surface area contributed by atoms with E-state index in [0.717, 1.165) is 12.1 Å². The Hall–Kier alpha value is -1.74. The lowest BCUT2D eigenvalue weighted by atomic mass is 9.69. The van der Waals surface area contributed by atoms with Crippen molar-refractivity contribution in [3.63, 3.8) is 0 Å². The molecule has 0 aliphatic heterocycles. The number of ketones is 2. The van der Waals surface area contributed by atoms with E-state index in [2.05, 4.69) is 5.32 Å². The summed E-state index contributed by atoms with van der Waals surface area (Å²) in [5, 5.41) is 21.9. The topological polar surface area (TPSA) is 115 Å². The number of hydrogen-bond acceptors (Lipinski definition) is 5. The molecule has 0 aromatic heterocycles. The van der Waals surface area contributed by atoms with Crippen LogP contribution in [0.1, 0.15) is 96.8 Å². The van der Waals surface area contributed by atoms with E-state index in [9.17, 15) is 19.5 Å². The third-order valence-corrected chi connectivity index (χ3v) is 6.94. The van der Waals surface area contributed by atoms with Crippen LogP contribution in [0.4, 0.5) is 0 Å². The summed E-state index contributed by atoms with van der Waals surface area (Å²) in [5.74, 6) is -3.48. The lowest BCUT2D eigenvalue weighted by molar-refractivity contribution is -0.725. The monoisotopic (exact) mass is 404 g/mol. The fourth-order valence-corrected chi connectivity index (χ4v) is 4.97. The molecule has 0 amide bonds. The van der Waals surface area contributed by atoms with Crippen LogP contribution in [0, 0.1) is 22.7 Å². The van der Waals surface area contributed by atoms with E-state index in [1.54, 1.807) is 6.07 Å². The third kappa shape index (κ3) is 6.92. The molecule has 0 aromatic rings. The Labute approximate surface area is 174 Å². The maximum atomic E-state index is 11.7. The van der Waals surface area contributed by atoms with Crippen LogP contribution in [0.2, 0.25) is 0 Å². The summed E-state index contributed by atoms with van der Waals surface area (Å²) < 4.78 is 0. The predicted octanol–water partition coefficient (Wildman–Crippen LogP) is 1.81. The van der Waals surface area contributed by atoms with Crippen LogP contribution in [0.25, 0.3) is 0 Å². The zero-order chi connectivity index (χ0) is 21.3. The van der Waals surface area contributed by atoms with Crippen molar-refractivity contribution < 1.29 is 24.8 Å². The van der Waals surface area contributed by atoms with Crippen LogP contribution in [0.15, 0.2) is 0 Å². The molecule has 0 radical (unpaired) electrons. The van der Waals surface area contributed by atoms with Crippen molar-refractivity contribution in [2.24, 2.45) is 11.3 Å². The average molecular weight is 405 g/mol. The number of rotatable bonds is 5. The number of quaternary nitrogens is 1. The van der Waals surface area contributed by atoms with Crippen LogP contribution >= 0.6 is 0 Å². The van der Waals surface area contributed by atoms with Crippen molar-refractivity contribution in [1.82, 2.24) is 0 Å². The Morgan fingerprint density at radius 2 is 1.45 bits per heavy atom. The van der Waals surface area contributed by atoms with Crippen molar-refractivity contribution in [2.45, 2.75) is 109 Å². The Morgan fingerprint density at radius 3 is 1.83 bits per heavy atom. The second kappa shape index (κ2) is 11.4. The molecular formula is C23H36N2O4. The molecule has 6 heteroatoms. The number of aliphatic carboxylic acids is 1. The van der Waals surface area contributed by atoms with Gasteiger partial charge in [-0.25, -0.2) is 0 Å². The maximum Gasteiger partial charge on any atom is 0.146 e. The van der Waals surface area contributed by atoms with Gasteiger partial charge in [0, 0.05) is 12.8 Å². The molecule has 29 heavy (non-hydrogen) atoms. The largest absolute Gasteiger partial charge is 0.549 e. The van der Waals surface area contributed by atoms with E-state index in [1.165, 1.54) is 71.1 Å². The van der Waals surface area contributed by atoms with Crippen LogP contribution in [0.3, 0.4) is 0 Å². The highest BCUT2D eigenvalue weighted by atomic mass is 16.4. The molecule has 1 atom stereocenters. The SMILES string of the molecule is C1CCC([NH2+]C2CCCCC2)CC1.CC1(CC(C#N)C(=O)[O-])C(=O)CCCC1=O. The number of carbonyl (C=O) groups excluding carboxylic acids is 3. The van der Waals surface area contributed by atoms with Gasteiger partial charge in [0.2, 0.25) is 0 Å². The molecule has 0 aromatic carbocycles. The fourth-order valence-electron chi connectivity index (χ4n) is 4.97. The molecule has 3 aliphatic rings.